The normalized spacial score (nSPS) is 25.2. The zero-order valence-corrected chi connectivity index (χ0v) is 9.71. The molecule has 0 radical (unpaired) electrons. The standard InChI is InChI=1S/C10H13F3N4O/c1-16-7(15)6(4-14)17(5-10(11,12)13)8(18)9(16)2-3-9/h4,15H,2-3,5,14H2,1H3/b6-4+,15-7?. The average Bonchev–Trinajstić information content (AvgIpc) is 3.04. The summed E-state index contributed by atoms with van der Waals surface area (Å²) in [7, 11) is 1.53. The van der Waals surface area contributed by atoms with Crippen molar-refractivity contribution in [2.45, 2.75) is 24.6 Å². The number of piperazine rings is 1. The fourth-order valence-electron chi connectivity index (χ4n) is 2.19. The lowest BCUT2D eigenvalue weighted by atomic mass is 10.1. The van der Waals surface area contributed by atoms with E-state index in [-0.39, 0.29) is 11.5 Å². The summed E-state index contributed by atoms with van der Waals surface area (Å²) in [4.78, 5) is 14.1. The van der Waals surface area contributed by atoms with Crippen LogP contribution in [-0.4, -0.2) is 46.9 Å². The van der Waals surface area contributed by atoms with E-state index in [0.717, 1.165) is 6.20 Å². The summed E-state index contributed by atoms with van der Waals surface area (Å²) in [5.74, 6) is -0.783. The highest BCUT2D eigenvalue weighted by molar-refractivity contribution is 6.09. The summed E-state index contributed by atoms with van der Waals surface area (Å²) in [6.45, 7) is -1.41. The van der Waals surface area contributed by atoms with Gasteiger partial charge >= 0.3 is 6.18 Å². The van der Waals surface area contributed by atoms with Gasteiger partial charge < -0.3 is 10.6 Å². The second-order valence-electron chi connectivity index (χ2n) is 4.50. The zero-order chi connectivity index (χ0) is 13.7. The molecule has 1 saturated heterocycles. The molecule has 2 fully saturated rings. The van der Waals surface area contributed by atoms with Gasteiger partial charge in [0.15, 0.2) is 0 Å². The molecular weight excluding hydrogens is 249 g/mol. The number of rotatable bonds is 1. The third kappa shape index (κ3) is 1.72. The first-order chi connectivity index (χ1) is 8.23. The van der Waals surface area contributed by atoms with E-state index < -0.39 is 24.2 Å². The summed E-state index contributed by atoms with van der Waals surface area (Å²) in [6.07, 6.45) is -2.71. The van der Waals surface area contributed by atoms with E-state index in [2.05, 4.69) is 0 Å². The fourth-order valence-corrected chi connectivity index (χ4v) is 2.19. The number of alkyl halides is 3. The van der Waals surface area contributed by atoms with Crippen LogP contribution in [0.1, 0.15) is 12.8 Å². The molecule has 0 aromatic heterocycles. The van der Waals surface area contributed by atoms with E-state index in [1.807, 2.05) is 0 Å². The van der Waals surface area contributed by atoms with Crippen molar-refractivity contribution >= 4 is 11.7 Å². The lowest BCUT2D eigenvalue weighted by Crippen LogP contribution is -2.60. The van der Waals surface area contributed by atoms with Crippen LogP contribution in [0.25, 0.3) is 0 Å². The minimum absolute atomic E-state index is 0.154. The van der Waals surface area contributed by atoms with Crippen molar-refractivity contribution in [1.29, 1.82) is 5.41 Å². The Labute approximate surface area is 102 Å². The van der Waals surface area contributed by atoms with Crippen molar-refractivity contribution in [2.24, 2.45) is 5.73 Å². The van der Waals surface area contributed by atoms with E-state index in [1.54, 1.807) is 0 Å². The van der Waals surface area contributed by atoms with Gasteiger partial charge in [-0.05, 0) is 12.8 Å². The van der Waals surface area contributed by atoms with Gasteiger partial charge in [-0.25, -0.2) is 0 Å². The molecule has 100 valence electrons. The monoisotopic (exact) mass is 262 g/mol. The largest absolute Gasteiger partial charge is 0.406 e. The van der Waals surface area contributed by atoms with Crippen LogP contribution in [0, 0.1) is 5.41 Å². The van der Waals surface area contributed by atoms with Crippen molar-refractivity contribution in [3.05, 3.63) is 11.9 Å². The number of nitrogens with zero attached hydrogens (tertiary/aromatic N) is 2. The zero-order valence-electron chi connectivity index (χ0n) is 9.71. The molecule has 2 aliphatic rings. The number of hydrogen-bond acceptors (Lipinski definition) is 3. The molecule has 0 aromatic carbocycles. The lowest BCUT2D eigenvalue weighted by Gasteiger charge is -2.42. The van der Waals surface area contributed by atoms with Gasteiger partial charge in [-0.15, -0.1) is 0 Å². The predicted octanol–water partition coefficient (Wildman–Crippen LogP) is 0.633. The Morgan fingerprint density at radius 3 is 2.44 bits per heavy atom. The Morgan fingerprint density at radius 2 is 2.06 bits per heavy atom. The molecule has 8 heteroatoms. The van der Waals surface area contributed by atoms with Crippen LogP contribution in [0.2, 0.25) is 0 Å². The van der Waals surface area contributed by atoms with Gasteiger partial charge in [-0.2, -0.15) is 13.2 Å². The number of carbonyl (C=O) groups excluding carboxylic acids is 1. The second-order valence-corrected chi connectivity index (χ2v) is 4.50. The van der Waals surface area contributed by atoms with E-state index >= 15 is 0 Å². The average molecular weight is 262 g/mol. The maximum absolute atomic E-state index is 12.5. The number of carbonyl (C=O) groups is 1. The van der Waals surface area contributed by atoms with E-state index in [4.69, 9.17) is 11.1 Å². The van der Waals surface area contributed by atoms with E-state index in [1.165, 1.54) is 11.9 Å². The number of likely N-dealkylation sites (N-methyl/N-ethyl adjacent to an activating group) is 1. The van der Waals surface area contributed by atoms with Gasteiger partial charge in [0.1, 0.15) is 23.6 Å². The maximum Gasteiger partial charge on any atom is 0.406 e. The van der Waals surface area contributed by atoms with Crippen LogP contribution in [0.3, 0.4) is 0 Å². The molecule has 1 heterocycles. The van der Waals surface area contributed by atoms with Crippen molar-refractivity contribution < 1.29 is 18.0 Å². The molecule has 1 aliphatic heterocycles. The third-order valence-electron chi connectivity index (χ3n) is 3.37. The van der Waals surface area contributed by atoms with Crippen LogP contribution in [0.15, 0.2) is 11.9 Å². The molecule has 0 bridgehead atoms. The molecule has 2 rings (SSSR count). The molecule has 0 aromatic rings. The molecular formula is C10H13F3N4O. The van der Waals surface area contributed by atoms with Crippen molar-refractivity contribution in [2.75, 3.05) is 13.6 Å². The Hall–Kier alpha value is -1.73. The Bertz CT molecular complexity index is 439. The minimum atomic E-state index is -4.52. The number of nitrogens with two attached hydrogens (primary N) is 1. The van der Waals surface area contributed by atoms with Gasteiger partial charge in [0, 0.05) is 13.2 Å². The molecule has 1 amide bonds. The Kier molecular flexibility index (Phi) is 2.56. The molecule has 1 saturated carbocycles. The smallest absolute Gasteiger partial charge is 0.403 e. The first-order valence-electron chi connectivity index (χ1n) is 5.36. The molecule has 1 aliphatic carbocycles. The molecule has 1 spiro atoms. The second kappa shape index (κ2) is 3.63. The summed E-state index contributed by atoms with van der Waals surface area (Å²) in [6, 6.07) is 0. The number of halogens is 3. The van der Waals surface area contributed by atoms with Crippen LogP contribution in [-0.2, 0) is 4.79 Å². The number of nitrogens with one attached hydrogen (secondary N) is 1. The van der Waals surface area contributed by atoms with Crippen LogP contribution in [0.5, 0.6) is 0 Å². The summed E-state index contributed by atoms with van der Waals surface area (Å²) < 4.78 is 37.4. The highest BCUT2D eigenvalue weighted by Gasteiger charge is 2.60. The molecule has 3 N–H and O–H groups in total. The number of amidine groups is 1. The first kappa shape index (κ1) is 12.7. The van der Waals surface area contributed by atoms with Crippen LogP contribution in [0.4, 0.5) is 13.2 Å². The van der Waals surface area contributed by atoms with E-state index in [0.29, 0.717) is 17.7 Å². The highest BCUT2D eigenvalue weighted by atomic mass is 19.4. The van der Waals surface area contributed by atoms with Crippen molar-refractivity contribution in [3.63, 3.8) is 0 Å². The highest BCUT2D eigenvalue weighted by Crippen LogP contribution is 2.47. The van der Waals surface area contributed by atoms with Gasteiger partial charge in [0.05, 0.1) is 0 Å². The van der Waals surface area contributed by atoms with Gasteiger partial charge in [-0.1, -0.05) is 0 Å². The molecule has 0 atom stereocenters. The SMILES string of the molecule is CN1C(=N)/C(=C\N)N(CC(F)(F)F)C(=O)C12CC2. The van der Waals surface area contributed by atoms with Crippen molar-refractivity contribution in [3.8, 4) is 0 Å². The van der Waals surface area contributed by atoms with Gasteiger partial charge in [-0.3, -0.25) is 15.1 Å². The molecule has 18 heavy (non-hydrogen) atoms. The summed E-state index contributed by atoms with van der Waals surface area (Å²) in [5, 5.41) is 7.79. The lowest BCUT2D eigenvalue weighted by molar-refractivity contribution is -0.161. The van der Waals surface area contributed by atoms with Gasteiger partial charge in [0.2, 0.25) is 0 Å². The van der Waals surface area contributed by atoms with Crippen molar-refractivity contribution in [1.82, 2.24) is 9.80 Å². The number of amides is 1. The summed E-state index contributed by atoms with van der Waals surface area (Å²) in [5.41, 5.74) is 4.09. The Morgan fingerprint density at radius 1 is 1.50 bits per heavy atom. The molecule has 5 nitrogen and oxygen atoms in total. The third-order valence-corrected chi connectivity index (χ3v) is 3.37. The topological polar surface area (TPSA) is 73.4 Å². The van der Waals surface area contributed by atoms with Crippen LogP contribution >= 0.6 is 0 Å². The first-order valence-corrected chi connectivity index (χ1v) is 5.36. The quantitative estimate of drug-likeness (QED) is 0.728. The Balaban J connectivity index is 2.37. The fraction of sp³-hybridized carbons (Fsp3) is 0.600. The summed E-state index contributed by atoms with van der Waals surface area (Å²) >= 11 is 0. The minimum Gasteiger partial charge on any atom is -0.403 e. The number of hydrogen-bond donors (Lipinski definition) is 2. The molecule has 0 unspecified atom stereocenters. The predicted molar refractivity (Wildman–Crippen MR) is 57.5 cm³/mol. The van der Waals surface area contributed by atoms with Gasteiger partial charge in [0.25, 0.3) is 5.91 Å². The van der Waals surface area contributed by atoms with E-state index in [9.17, 15) is 18.0 Å². The maximum atomic E-state index is 12.5. The van der Waals surface area contributed by atoms with Crippen LogP contribution < -0.4 is 5.73 Å².